The second kappa shape index (κ2) is 7.09. The Kier molecular flexibility index (Phi) is 4.59. The molecule has 2 aromatic carbocycles. The van der Waals surface area contributed by atoms with Crippen molar-refractivity contribution in [3.05, 3.63) is 64.7 Å². The van der Waals surface area contributed by atoms with Crippen molar-refractivity contribution in [2.75, 3.05) is 11.8 Å². The van der Waals surface area contributed by atoms with E-state index in [1.165, 1.54) is 29.9 Å². The molecule has 0 saturated heterocycles. The summed E-state index contributed by atoms with van der Waals surface area (Å²) in [6, 6.07) is 10.6. The number of fused-ring (bicyclic) bond motifs is 1. The van der Waals surface area contributed by atoms with Gasteiger partial charge in [-0.25, -0.2) is 13.2 Å². The molecule has 0 aliphatic heterocycles. The number of aryl methyl sites for hydroxylation is 1. The molecule has 0 fully saturated rings. The fraction of sp³-hybridized carbons (Fsp3) is 0.167. The number of ether oxygens (including phenoxy) is 1. The molecule has 0 saturated carbocycles. The predicted octanol–water partition coefficient (Wildman–Crippen LogP) is 2.14. The van der Waals surface area contributed by atoms with Gasteiger partial charge in [-0.3, -0.25) is 9.29 Å². The molecule has 2 heterocycles. The van der Waals surface area contributed by atoms with Gasteiger partial charge in [-0.15, -0.1) is 0 Å². The van der Waals surface area contributed by atoms with Gasteiger partial charge in [-0.05, 0) is 36.4 Å². The molecule has 0 spiro atoms. The fourth-order valence-corrected chi connectivity index (χ4v) is 3.86. The third-order valence-corrected chi connectivity index (χ3v) is 5.54. The zero-order valence-corrected chi connectivity index (χ0v) is 16.3. The highest BCUT2D eigenvalue weighted by Gasteiger charge is 2.19. The molecule has 0 amide bonds. The van der Waals surface area contributed by atoms with E-state index in [4.69, 9.17) is 13.7 Å². The van der Waals surface area contributed by atoms with Crippen molar-refractivity contribution in [1.29, 1.82) is 0 Å². The Morgan fingerprint density at radius 3 is 2.59 bits per heavy atom. The maximum atomic E-state index is 12.7. The van der Waals surface area contributed by atoms with Gasteiger partial charge in [0.1, 0.15) is 5.75 Å². The van der Waals surface area contributed by atoms with Crippen LogP contribution in [0.2, 0.25) is 0 Å². The first-order chi connectivity index (χ1) is 13.9. The van der Waals surface area contributed by atoms with E-state index in [1.54, 1.807) is 31.2 Å². The van der Waals surface area contributed by atoms with E-state index in [0.29, 0.717) is 28.7 Å². The van der Waals surface area contributed by atoms with Crippen LogP contribution in [0.4, 0.5) is 5.69 Å². The van der Waals surface area contributed by atoms with E-state index < -0.39 is 15.8 Å². The highest BCUT2D eigenvalue weighted by Crippen LogP contribution is 2.22. The Morgan fingerprint density at radius 2 is 1.93 bits per heavy atom. The third-order valence-electron chi connectivity index (χ3n) is 4.16. The third kappa shape index (κ3) is 3.72. The smallest absolute Gasteiger partial charge is 0.420 e. The van der Waals surface area contributed by atoms with Gasteiger partial charge >= 0.3 is 5.76 Å². The van der Waals surface area contributed by atoms with E-state index in [9.17, 15) is 13.2 Å². The van der Waals surface area contributed by atoms with Crippen LogP contribution in [0.1, 0.15) is 11.7 Å². The highest BCUT2D eigenvalue weighted by atomic mass is 32.2. The van der Waals surface area contributed by atoms with Gasteiger partial charge in [0.2, 0.25) is 5.89 Å². The second-order valence-corrected chi connectivity index (χ2v) is 7.83. The van der Waals surface area contributed by atoms with Gasteiger partial charge in [0, 0.05) is 18.7 Å². The summed E-state index contributed by atoms with van der Waals surface area (Å²) in [5.41, 5.74) is 0.922. The average Bonchev–Trinajstić information content (AvgIpc) is 3.24. The van der Waals surface area contributed by atoms with Gasteiger partial charge in [0.05, 0.1) is 24.1 Å². The summed E-state index contributed by atoms with van der Waals surface area (Å²) in [5, 5.41) is 3.75. The minimum Gasteiger partial charge on any atom is -0.497 e. The molecule has 4 aromatic rings. The molecule has 0 unspecified atom stereocenters. The molecule has 2 aromatic heterocycles. The van der Waals surface area contributed by atoms with Gasteiger partial charge < -0.3 is 13.7 Å². The molecule has 0 radical (unpaired) electrons. The minimum absolute atomic E-state index is 0.0410. The number of aromatic nitrogens is 3. The molecular formula is C18H16N4O6S. The molecule has 0 aliphatic rings. The summed E-state index contributed by atoms with van der Waals surface area (Å²) < 4.78 is 44.3. The Bertz CT molecular complexity index is 1330. The first-order valence-corrected chi connectivity index (χ1v) is 9.93. The zero-order valence-electron chi connectivity index (χ0n) is 15.4. The lowest BCUT2D eigenvalue weighted by atomic mass is 10.3. The lowest BCUT2D eigenvalue weighted by Crippen LogP contribution is -2.15. The van der Waals surface area contributed by atoms with Gasteiger partial charge in [0.15, 0.2) is 11.4 Å². The molecule has 10 nitrogen and oxygen atoms in total. The topological polar surface area (TPSA) is 129 Å². The number of methoxy groups -OCH3 is 1. The molecule has 150 valence electrons. The molecule has 0 aliphatic carbocycles. The van der Waals surface area contributed by atoms with Crippen molar-refractivity contribution in [3.63, 3.8) is 0 Å². The van der Waals surface area contributed by atoms with Gasteiger partial charge in [-0.2, -0.15) is 4.98 Å². The number of benzene rings is 2. The molecule has 4 rings (SSSR count). The van der Waals surface area contributed by atoms with Crippen molar-refractivity contribution >= 4 is 26.8 Å². The predicted molar refractivity (Wildman–Crippen MR) is 102 cm³/mol. The van der Waals surface area contributed by atoms with Crippen LogP contribution >= 0.6 is 0 Å². The van der Waals surface area contributed by atoms with Crippen LogP contribution in [0.5, 0.6) is 5.75 Å². The van der Waals surface area contributed by atoms with Crippen LogP contribution in [-0.4, -0.2) is 30.2 Å². The molecular weight excluding hydrogens is 400 g/mol. The molecule has 29 heavy (non-hydrogen) atoms. The number of rotatable bonds is 6. The summed E-state index contributed by atoms with van der Waals surface area (Å²) >= 11 is 0. The average molecular weight is 416 g/mol. The number of nitrogens with one attached hydrogen (secondary N) is 1. The Labute approximate surface area is 164 Å². The maximum absolute atomic E-state index is 12.7. The van der Waals surface area contributed by atoms with Crippen LogP contribution in [0.25, 0.3) is 11.1 Å². The number of hydrogen-bond donors (Lipinski definition) is 1. The van der Waals surface area contributed by atoms with Crippen LogP contribution < -0.4 is 15.2 Å². The van der Waals surface area contributed by atoms with Crippen molar-refractivity contribution in [2.24, 2.45) is 0 Å². The maximum Gasteiger partial charge on any atom is 0.420 e. The lowest BCUT2D eigenvalue weighted by Gasteiger charge is -2.09. The van der Waals surface area contributed by atoms with Crippen LogP contribution in [0.3, 0.4) is 0 Å². The molecule has 0 bridgehead atoms. The lowest BCUT2D eigenvalue weighted by molar-refractivity contribution is 0.385. The number of hydrogen-bond acceptors (Lipinski definition) is 8. The zero-order chi connectivity index (χ0) is 20.6. The van der Waals surface area contributed by atoms with Gasteiger partial charge in [0.25, 0.3) is 10.0 Å². The second-order valence-electron chi connectivity index (χ2n) is 6.15. The standard InChI is InChI=1S/C18H16N4O6S/c1-11-19-17(20-28-11)10-22-15-8-7-14(9-16(15)27-18(22)23)29(24,25)21-12-3-5-13(26-2)6-4-12/h3-9,21H,10H2,1-2H3. The van der Waals surface area contributed by atoms with E-state index in [1.807, 2.05) is 0 Å². The summed E-state index contributed by atoms with van der Waals surface area (Å²) in [6.45, 7) is 1.68. The SMILES string of the molecule is COc1ccc(NS(=O)(=O)c2ccc3c(c2)oc(=O)n3Cc2noc(C)n2)cc1. The van der Waals surface area contributed by atoms with Crippen molar-refractivity contribution in [3.8, 4) is 5.75 Å². The fourth-order valence-electron chi connectivity index (χ4n) is 2.78. The molecule has 11 heteroatoms. The largest absolute Gasteiger partial charge is 0.497 e. The van der Waals surface area contributed by atoms with Crippen molar-refractivity contribution in [2.45, 2.75) is 18.4 Å². The Hall–Kier alpha value is -3.60. The van der Waals surface area contributed by atoms with E-state index in [0.717, 1.165) is 0 Å². The van der Waals surface area contributed by atoms with Gasteiger partial charge in [-0.1, -0.05) is 5.16 Å². The van der Waals surface area contributed by atoms with E-state index in [2.05, 4.69) is 14.9 Å². The monoisotopic (exact) mass is 416 g/mol. The number of oxazole rings is 1. The molecule has 0 atom stereocenters. The number of sulfonamides is 1. The number of nitrogens with zero attached hydrogens (tertiary/aromatic N) is 3. The highest BCUT2D eigenvalue weighted by molar-refractivity contribution is 7.92. The first kappa shape index (κ1) is 18.7. The van der Waals surface area contributed by atoms with Crippen LogP contribution in [0, 0.1) is 6.92 Å². The first-order valence-electron chi connectivity index (χ1n) is 8.45. The normalized spacial score (nSPS) is 11.7. The van der Waals surface area contributed by atoms with Crippen molar-refractivity contribution in [1.82, 2.24) is 14.7 Å². The van der Waals surface area contributed by atoms with E-state index in [-0.39, 0.29) is 17.0 Å². The Morgan fingerprint density at radius 1 is 1.17 bits per heavy atom. The number of anilines is 1. The quantitative estimate of drug-likeness (QED) is 0.506. The molecule has 1 N–H and O–H groups in total. The van der Waals surface area contributed by atoms with Crippen molar-refractivity contribution < 1.29 is 22.1 Å². The van der Waals surface area contributed by atoms with Crippen LogP contribution in [-0.2, 0) is 16.6 Å². The van der Waals surface area contributed by atoms with Crippen LogP contribution in [0.15, 0.2) is 61.1 Å². The van der Waals surface area contributed by atoms with E-state index >= 15 is 0 Å². The summed E-state index contributed by atoms with van der Waals surface area (Å²) in [7, 11) is -2.36. The summed E-state index contributed by atoms with van der Waals surface area (Å²) in [5.74, 6) is 0.637. The summed E-state index contributed by atoms with van der Waals surface area (Å²) in [6.07, 6.45) is 0. The minimum atomic E-state index is -3.89. The Balaban J connectivity index is 1.65. The summed E-state index contributed by atoms with van der Waals surface area (Å²) in [4.78, 5) is 16.2.